The molecule has 188 valence electrons. The second-order valence-electron chi connectivity index (χ2n) is 7.80. The van der Waals surface area contributed by atoms with E-state index in [0.29, 0.717) is 43.4 Å². The molecule has 8 nitrogen and oxygen atoms in total. The minimum Gasteiger partial charge on any atom is -0.497 e. The molecular formula is C26H25BrN2O6S. The van der Waals surface area contributed by atoms with Crippen LogP contribution >= 0.6 is 27.3 Å². The summed E-state index contributed by atoms with van der Waals surface area (Å²) < 4.78 is 24.2. The molecule has 0 spiro atoms. The fourth-order valence-corrected chi connectivity index (χ4v) is 5.59. The highest BCUT2D eigenvalue weighted by Gasteiger charge is 2.33. The van der Waals surface area contributed by atoms with E-state index < -0.39 is 12.0 Å². The normalized spacial score (nSPS) is 15.3. The van der Waals surface area contributed by atoms with Gasteiger partial charge in [-0.25, -0.2) is 9.79 Å². The van der Waals surface area contributed by atoms with E-state index in [2.05, 4.69) is 20.9 Å². The quantitative estimate of drug-likeness (QED) is 0.402. The number of aromatic nitrogens is 1. The van der Waals surface area contributed by atoms with Crippen LogP contribution in [0.15, 0.2) is 61.9 Å². The maximum absolute atomic E-state index is 13.8. The number of hydrogen-bond donors (Lipinski definition) is 0. The van der Waals surface area contributed by atoms with Crippen LogP contribution in [0, 0.1) is 0 Å². The largest absolute Gasteiger partial charge is 0.497 e. The van der Waals surface area contributed by atoms with Crippen molar-refractivity contribution in [3.8, 4) is 17.2 Å². The number of halogens is 1. The van der Waals surface area contributed by atoms with Crippen LogP contribution in [0.25, 0.3) is 6.08 Å². The van der Waals surface area contributed by atoms with Crippen molar-refractivity contribution >= 4 is 39.3 Å². The monoisotopic (exact) mass is 572 g/mol. The molecule has 0 radical (unpaired) electrons. The van der Waals surface area contributed by atoms with Crippen molar-refractivity contribution in [1.29, 1.82) is 0 Å². The number of hydrogen-bond acceptors (Lipinski definition) is 8. The highest BCUT2D eigenvalue weighted by molar-refractivity contribution is 9.10. The smallest absolute Gasteiger partial charge is 0.338 e. The van der Waals surface area contributed by atoms with E-state index in [1.165, 1.54) is 11.3 Å². The summed E-state index contributed by atoms with van der Waals surface area (Å²) in [7, 11) is 4.71. The molecule has 0 amide bonds. The van der Waals surface area contributed by atoms with Crippen LogP contribution in [0.5, 0.6) is 17.2 Å². The molecular weight excluding hydrogens is 548 g/mol. The zero-order valence-electron chi connectivity index (χ0n) is 20.5. The average molecular weight is 573 g/mol. The number of rotatable bonds is 7. The van der Waals surface area contributed by atoms with E-state index in [1.807, 2.05) is 18.2 Å². The van der Waals surface area contributed by atoms with Crippen LogP contribution in [0.2, 0.25) is 0 Å². The first-order valence-electron chi connectivity index (χ1n) is 11.1. The third-order valence-electron chi connectivity index (χ3n) is 5.74. The van der Waals surface area contributed by atoms with Crippen LogP contribution in [0.4, 0.5) is 0 Å². The van der Waals surface area contributed by atoms with Crippen molar-refractivity contribution in [1.82, 2.24) is 4.57 Å². The van der Waals surface area contributed by atoms with E-state index in [9.17, 15) is 9.59 Å². The van der Waals surface area contributed by atoms with E-state index in [1.54, 1.807) is 64.0 Å². The molecule has 0 saturated heterocycles. The Kier molecular flexibility index (Phi) is 7.65. The number of allylic oxidation sites excluding steroid dienone is 1. The number of carbonyl (C=O) groups excluding carboxylic acids is 1. The number of benzene rings is 2. The predicted molar refractivity (Wildman–Crippen MR) is 141 cm³/mol. The van der Waals surface area contributed by atoms with Gasteiger partial charge in [0, 0.05) is 11.6 Å². The topological polar surface area (TPSA) is 88.4 Å². The number of fused-ring (bicyclic) bond motifs is 1. The van der Waals surface area contributed by atoms with Crippen LogP contribution in [-0.4, -0.2) is 38.5 Å². The molecule has 1 aliphatic heterocycles. The van der Waals surface area contributed by atoms with Crippen molar-refractivity contribution in [2.24, 2.45) is 4.99 Å². The Balaban J connectivity index is 1.95. The maximum Gasteiger partial charge on any atom is 0.338 e. The van der Waals surface area contributed by atoms with Crippen molar-refractivity contribution in [3.05, 3.63) is 83.0 Å². The van der Waals surface area contributed by atoms with E-state index in [-0.39, 0.29) is 12.2 Å². The SMILES string of the molecule is CCOC(=O)C1=C(C)N=c2sc(=Cc3cc(Br)c(OC)cc3OC)c(=O)n2C1c1ccc(OC)cc1. The number of esters is 1. The highest BCUT2D eigenvalue weighted by atomic mass is 79.9. The molecule has 2 aromatic carbocycles. The zero-order valence-corrected chi connectivity index (χ0v) is 22.9. The maximum atomic E-state index is 13.8. The molecule has 0 fully saturated rings. The molecule has 0 N–H and O–H groups in total. The van der Waals surface area contributed by atoms with Crippen LogP contribution < -0.4 is 29.1 Å². The molecule has 0 saturated carbocycles. The minimum absolute atomic E-state index is 0.210. The lowest BCUT2D eigenvalue weighted by molar-refractivity contribution is -0.139. The Labute approximate surface area is 220 Å². The van der Waals surface area contributed by atoms with Gasteiger partial charge in [0.1, 0.15) is 17.2 Å². The predicted octanol–water partition coefficient (Wildman–Crippen LogP) is 3.59. The summed E-state index contributed by atoms with van der Waals surface area (Å²) in [6.07, 6.45) is 1.75. The Morgan fingerprint density at radius 1 is 1.11 bits per heavy atom. The third-order valence-corrected chi connectivity index (χ3v) is 7.34. The molecule has 1 unspecified atom stereocenters. The second-order valence-corrected chi connectivity index (χ2v) is 9.67. The van der Waals surface area contributed by atoms with Crippen LogP contribution in [0.3, 0.4) is 0 Å². The molecule has 0 aliphatic carbocycles. The number of nitrogens with zero attached hydrogens (tertiary/aromatic N) is 2. The summed E-state index contributed by atoms with van der Waals surface area (Å²) in [6.45, 7) is 3.71. The molecule has 10 heteroatoms. The highest BCUT2D eigenvalue weighted by Crippen LogP contribution is 2.34. The van der Waals surface area contributed by atoms with Gasteiger partial charge in [0.25, 0.3) is 5.56 Å². The van der Waals surface area contributed by atoms with E-state index in [0.717, 1.165) is 10.0 Å². The third kappa shape index (κ3) is 4.70. The van der Waals surface area contributed by atoms with Crippen molar-refractivity contribution in [3.63, 3.8) is 0 Å². The molecule has 36 heavy (non-hydrogen) atoms. The zero-order chi connectivity index (χ0) is 26.0. The fraction of sp³-hybridized carbons (Fsp3) is 0.269. The molecule has 2 heterocycles. The number of thiazole rings is 1. The lowest BCUT2D eigenvalue weighted by atomic mass is 9.96. The Morgan fingerprint density at radius 3 is 2.42 bits per heavy atom. The fourth-order valence-electron chi connectivity index (χ4n) is 4.03. The van der Waals surface area contributed by atoms with Crippen LogP contribution in [0.1, 0.15) is 31.0 Å². The Hall–Kier alpha value is -3.37. The summed E-state index contributed by atoms with van der Waals surface area (Å²) in [5.41, 5.74) is 1.99. The lowest BCUT2D eigenvalue weighted by Crippen LogP contribution is -2.39. The summed E-state index contributed by atoms with van der Waals surface area (Å²) >= 11 is 4.73. The van der Waals surface area contributed by atoms with Crippen molar-refractivity contribution < 1.29 is 23.7 Å². The van der Waals surface area contributed by atoms with Crippen molar-refractivity contribution in [2.45, 2.75) is 19.9 Å². The van der Waals surface area contributed by atoms with Gasteiger partial charge in [0.05, 0.1) is 54.3 Å². The first kappa shape index (κ1) is 25.7. The summed E-state index contributed by atoms with van der Waals surface area (Å²) in [4.78, 5) is 31.9. The molecule has 1 aliphatic rings. The van der Waals surface area contributed by atoms with Gasteiger partial charge in [-0.15, -0.1) is 0 Å². The van der Waals surface area contributed by atoms with Crippen molar-refractivity contribution in [2.75, 3.05) is 27.9 Å². The number of methoxy groups -OCH3 is 3. The van der Waals surface area contributed by atoms with Gasteiger partial charge >= 0.3 is 5.97 Å². The molecule has 0 bridgehead atoms. The summed E-state index contributed by atoms with van der Waals surface area (Å²) in [6, 6.07) is 10.1. The molecule has 3 aromatic rings. The first-order valence-corrected chi connectivity index (χ1v) is 12.7. The first-order chi connectivity index (χ1) is 17.3. The molecule has 1 aromatic heterocycles. The second kappa shape index (κ2) is 10.7. The standard InChI is InChI=1S/C26H25BrN2O6S/c1-6-35-25(31)22-14(2)28-26-29(23(22)15-7-9-17(32-3)10-8-15)24(30)21(36-26)12-16-11-18(27)20(34-5)13-19(16)33-4/h7-13,23H,6H2,1-5H3. The van der Waals surface area contributed by atoms with Gasteiger partial charge in [-0.05, 0) is 59.6 Å². The Morgan fingerprint density at radius 2 is 1.81 bits per heavy atom. The minimum atomic E-state index is -0.696. The van der Waals surface area contributed by atoms with Gasteiger partial charge in [0.15, 0.2) is 4.80 Å². The Bertz CT molecular complexity index is 1520. The summed E-state index contributed by atoms with van der Waals surface area (Å²) in [5.74, 6) is 1.33. The summed E-state index contributed by atoms with van der Waals surface area (Å²) in [5, 5.41) is 0. The van der Waals surface area contributed by atoms with E-state index >= 15 is 0 Å². The van der Waals surface area contributed by atoms with Gasteiger partial charge < -0.3 is 18.9 Å². The molecule has 4 rings (SSSR count). The van der Waals surface area contributed by atoms with E-state index in [4.69, 9.17) is 18.9 Å². The van der Waals surface area contributed by atoms with Gasteiger partial charge in [0.2, 0.25) is 0 Å². The van der Waals surface area contributed by atoms with Crippen LogP contribution in [-0.2, 0) is 9.53 Å². The lowest BCUT2D eigenvalue weighted by Gasteiger charge is -2.24. The molecule has 1 atom stereocenters. The number of carbonyl (C=O) groups is 1. The van der Waals surface area contributed by atoms with Gasteiger partial charge in [-0.3, -0.25) is 9.36 Å². The van der Waals surface area contributed by atoms with Gasteiger partial charge in [-0.2, -0.15) is 0 Å². The average Bonchev–Trinajstić information content (AvgIpc) is 3.17. The van der Waals surface area contributed by atoms with Gasteiger partial charge in [-0.1, -0.05) is 23.5 Å². The number of ether oxygens (including phenoxy) is 4.